The van der Waals surface area contributed by atoms with Crippen LogP contribution >= 0.6 is 0 Å². The second-order valence-corrected chi connectivity index (χ2v) is 15.3. The zero-order valence-corrected chi connectivity index (χ0v) is 33.2. The van der Waals surface area contributed by atoms with E-state index in [1.54, 1.807) is 0 Å². The van der Waals surface area contributed by atoms with Crippen LogP contribution in [0.1, 0.15) is 187 Å². The van der Waals surface area contributed by atoms with E-state index in [4.69, 9.17) is 9.47 Å². The van der Waals surface area contributed by atoms with Crippen molar-refractivity contribution in [2.75, 3.05) is 13.2 Å². The van der Waals surface area contributed by atoms with Crippen molar-refractivity contribution in [2.24, 2.45) is 0 Å². The van der Waals surface area contributed by atoms with Crippen LogP contribution in [0.2, 0.25) is 0 Å². The molecule has 8 unspecified atom stereocenters. The molecule has 1 amide bonds. The predicted octanol–water partition coefficient (Wildman–Crippen LogP) is 7.14. The summed E-state index contributed by atoms with van der Waals surface area (Å²) in [4.78, 5) is 13.0. The van der Waals surface area contributed by atoms with E-state index in [2.05, 4.69) is 31.3 Å². The molecule has 0 aromatic carbocycles. The Labute approximate surface area is 317 Å². The van der Waals surface area contributed by atoms with E-state index in [0.29, 0.717) is 19.3 Å². The van der Waals surface area contributed by atoms with E-state index in [0.717, 1.165) is 44.9 Å². The maximum atomic E-state index is 13.0. The van der Waals surface area contributed by atoms with Crippen LogP contribution in [0.4, 0.5) is 0 Å². The van der Waals surface area contributed by atoms with Gasteiger partial charge in [0.1, 0.15) is 30.5 Å². The van der Waals surface area contributed by atoms with Gasteiger partial charge in [0.15, 0.2) is 6.29 Å². The SMILES string of the molecule is CCCCCCCC/C=C\CCCCC(O)C(=O)NC(COC1OC(CO)C(O)C(O)C1O)C(O)CCCCCCCCCCCCCCCCC. The van der Waals surface area contributed by atoms with Crippen LogP contribution in [0.5, 0.6) is 0 Å². The van der Waals surface area contributed by atoms with Gasteiger partial charge in [-0.15, -0.1) is 0 Å². The number of allylic oxidation sites excluding steroid dienone is 2. The molecule has 52 heavy (non-hydrogen) atoms. The summed E-state index contributed by atoms with van der Waals surface area (Å²) in [6, 6.07) is -0.897. The van der Waals surface area contributed by atoms with E-state index < -0.39 is 61.5 Å². The van der Waals surface area contributed by atoms with Crippen molar-refractivity contribution >= 4 is 5.91 Å². The number of amides is 1. The third-order valence-corrected chi connectivity index (χ3v) is 10.5. The lowest BCUT2D eigenvalue weighted by molar-refractivity contribution is -0.302. The summed E-state index contributed by atoms with van der Waals surface area (Å²) in [6.45, 7) is 3.63. The molecule has 0 spiro atoms. The van der Waals surface area contributed by atoms with Crippen LogP contribution in [0.25, 0.3) is 0 Å². The van der Waals surface area contributed by atoms with Crippen LogP contribution in [-0.2, 0) is 14.3 Å². The first-order valence-corrected chi connectivity index (χ1v) is 21.5. The van der Waals surface area contributed by atoms with Crippen molar-refractivity contribution < 1.29 is 44.9 Å². The fraction of sp³-hybridized carbons (Fsp3) is 0.929. The highest BCUT2D eigenvalue weighted by Gasteiger charge is 2.44. The van der Waals surface area contributed by atoms with Gasteiger partial charge < -0.3 is 45.4 Å². The molecule has 1 saturated heterocycles. The number of hydrogen-bond acceptors (Lipinski definition) is 9. The van der Waals surface area contributed by atoms with E-state index in [9.17, 15) is 35.4 Å². The summed E-state index contributed by atoms with van der Waals surface area (Å²) in [7, 11) is 0. The van der Waals surface area contributed by atoms with Gasteiger partial charge in [0.05, 0.1) is 25.4 Å². The Kier molecular flexibility index (Phi) is 31.3. The summed E-state index contributed by atoms with van der Waals surface area (Å²) in [6.07, 6.45) is 25.5. The van der Waals surface area contributed by atoms with Gasteiger partial charge in [-0.1, -0.05) is 161 Å². The number of carbonyl (C=O) groups is 1. The minimum Gasteiger partial charge on any atom is -0.394 e. The smallest absolute Gasteiger partial charge is 0.249 e. The molecule has 308 valence electrons. The summed E-state index contributed by atoms with van der Waals surface area (Å²) < 4.78 is 11.1. The minimum absolute atomic E-state index is 0.259. The van der Waals surface area contributed by atoms with Gasteiger partial charge in [0.25, 0.3) is 0 Å². The zero-order valence-electron chi connectivity index (χ0n) is 33.2. The zero-order chi connectivity index (χ0) is 38.2. The Morgan fingerprint density at radius 1 is 0.635 bits per heavy atom. The number of unbranched alkanes of at least 4 members (excludes halogenated alkanes) is 22. The standard InChI is InChI=1S/C42H81NO9/c1-3-5-7-9-11-13-15-17-18-19-21-22-24-26-28-30-35(45)34(33-51-42-40(49)39(48)38(47)37(32-44)52-42)43-41(50)36(46)31-29-27-25-23-20-16-14-12-10-8-6-4-2/h20,23,34-40,42,44-49H,3-19,21-22,24-33H2,1-2H3,(H,43,50)/b23-20-. The van der Waals surface area contributed by atoms with Crippen molar-refractivity contribution in [2.45, 2.75) is 236 Å². The van der Waals surface area contributed by atoms with Crippen LogP contribution in [0.15, 0.2) is 12.2 Å². The van der Waals surface area contributed by atoms with Crippen molar-refractivity contribution in [3.63, 3.8) is 0 Å². The molecular formula is C42H81NO9. The molecule has 1 aliphatic heterocycles. The molecule has 8 atom stereocenters. The molecule has 1 heterocycles. The molecule has 10 heteroatoms. The van der Waals surface area contributed by atoms with E-state index in [-0.39, 0.29) is 6.61 Å². The molecule has 0 aromatic rings. The first kappa shape index (κ1) is 48.9. The molecule has 0 aliphatic carbocycles. The topological polar surface area (TPSA) is 169 Å². The molecular weight excluding hydrogens is 662 g/mol. The largest absolute Gasteiger partial charge is 0.394 e. The van der Waals surface area contributed by atoms with Gasteiger partial charge >= 0.3 is 0 Å². The van der Waals surface area contributed by atoms with Crippen molar-refractivity contribution in [3.05, 3.63) is 12.2 Å². The minimum atomic E-state index is -1.60. The van der Waals surface area contributed by atoms with Gasteiger partial charge in [-0.2, -0.15) is 0 Å². The predicted molar refractivity (Wildman–Crippen MR) is 209 cm³/mol. The van der Waals surface area contributed by atoms with Crippen molar-refractivity contribution in [1.29, 1.82) is 0 Å². The number of rotatable bonds is 35. The molecule has 0 radical (unpaired) electrons. The number of aliphatic hydroxyl groups excluding tert-OH is 6. The van der Waals surface area contributed by atoms with Crippen LogP contribution in [-0.4, -0.2) is 98.7 Å². The van der Waals surface area contributed by atoms with E-state index >= 15 is 0 Å². The summed E-state index contributed by atoms with van der Waals surface area (Å²) in [5.41, 5.74) is 0. The molecule has 0 saturated carbocycles. The fourth-order valence-electron chi connectivity index (χ4n) is 6.87. The van der Waals surface area contributed by atoms with E-state index in [1.807, 2.05) is 0 Å². The maximum Gasteiger partial charge on any atom is 0.249 e. The molecule has 7 N–H and O–H groups in total. The first-order valence-electron chi connectivity index (χ1n) is 21.5. The Hall–Kier alpha value is -1.11. The Morgan fingerprint density at radius 2 is 1.08 bits per heavy atom. The molecule has 0 bridgehead atoms. The van der Waals surface area contributed by atoms with Crippen LogP contribution in [0.3, 0.4) is 0 Å². The average molecular weight is 744 g/mol. The van der Waals surface area contributed by atoms with Gasteiger partial charge in [-0.25, -0.2) is 0 Å². The highest BCUT2D eigenvalue weighted by Crippen LogP contribution is 2.23. The molecule has 1 fully saturated rings. The normalized spacial score (nSPS) is 22.5. The number of hydrogen-bond donors (Lipinski definition) is 7. The monoisotopic (exact) mass is 744 g/mol. The van der Waals surface area contributed by atoms with Crippen LogP contribution < -0.4 is 5.32 Å². The maximum absolute atomic E-state index is 13.0. The fourth-order valence-corrected chi connectivity index (χ4v) is 6.87. The summed E-state index contributed by atoms with van der Waals surface area (Å²) in [5, 5.41) is 64.6. The highest BCUT2D eigenvalue weighted by molar-refractivity contribution is 5.80. The first-order chi connectivity index (χ1) is 25.3. The average Bonchev–Trinajstić information content (AvgIpc) is 3.14. The summed E-state index contributed by atoms with van der Waals surface area (Å²) >= 11 is 0. The van der Waals surface area contributed by atoms with Gasteiger partial charge in [-0.05, 0) is 38.5 Å². The third kappa shape index (κ3) is 23.6. The number of nitrogens with one attached hydrogen (secondary N) is 1. The Bertz CT molecular complexity index is 844. The van der Waals surface area contributed by atoms with E-state index in [1.165, 1.54) is 109 Å². The molecule has 0 aromatic heterocycles. The number of carbonyl (C=O) groups excluding carboxylic acids is 1. The second-order valence-electron chi connectivity index (χ2n) is 15.3. The Balaban J connectivity index is 2.45. The van der Waals surface area contributed by atoms with Gasteiger partial charge in [0.2, 0.25) is 5.91 Å². The van der Waals surface area contributed by atoms with Gasteiger partial charge in [-0.3, -0.25) is 4.79 Å². The summed E-state index contributed by atoms with van der Waals surface area (Å²) in [5.74, 6) is -0.600. The number of ether oxygens (including phenoxy) is 2. The molecule has 10 nitrogen and oxygen atoms in total. The lowest BCUT2D eigenvalue weighted by Gasteiger charge is -2.40. The second kappa shape index (κ2) is 33.2. The molecule has 1 rings (SSSR count). The van der Waals surface area contributed by atoms with Crippen LogP contribution in [0, 0.1) is 0 Å². The van der Waals surface area contributed by atoms with Gasteiger partial charge in [0, 0.05) is 0 Å². The molecule has 1 aliphatic rings. The van der Waals surface area contributed by atoms with Crippen molar-refractivity contribution in [3.8, 4) is 0 Å². The van der Waals surface area contributed by atoms with Crippen molar-refractivity contribution in [1.82, 2.24) is 5.32 Å². The quantitative estimate of drug-likeness (QED) is 0.0264. The third-order valence-electron chi connectivity index (χ3n) is 10.5. The Morgan fingerprint density at radius 3 is 1.58 bits per heavy atom. The lowest BCUT2D eigenvalue weighted by Crippen LogP contribution is -2.60. The lowest BCUT2D eigenvalue weighted by atomic mass is 9.99. The number of aliphatic hydroxyl groups is 6. The highest BCUT2D eigenvalue weighted by atomic mass is 16.7.